The van der Waals surface area contributed by atoms with E-state index in [9.17, 15) is 9.59 Å². The molecule has 0 radical (unpaired) electrons. The molecule has 0 amide bonds. The van der Waals surface area contributed by atoms with Crippen molar-refractivity contribution in [2.75, 3.05) is 0 Å². The maximum atomic E-state index is 13.4. The highest BCUT2D eigenvalue weighted by molar-refractivity contribution is 6.87. The molecule has 0 saturated heterocycles. The summed E-state index contributed by atoms with van der Waals surface area (Å²) in [5.74, 6) is -0.0348. The molecule has 0 N–H and O–H groups in total. The summed E-state index contributed by atoms with van der Waals surface area (Å²) < 4.78 is 5.61. The third-order valence-corrected chi connectivity index (χ3v) is 6.07. The van der Waals surface area contributed by atoms with Crippen molar-refractivity contribution < 1.29 is 4.79 Å². The summed E-state index contributed by atoms with van der Waals surface area (Å²) in [6, 6.07) is 23.2. The molecule has 6 heteroatoms. The monoisotopic (exact) mass is 361 g/mol. The second kappa shape index (κ2) is 4.54. The van der Waals surface area contributed by atoms with Gasteiger partial charge in [-0.05, 0) is 29.7 Å². The van der Waals surface area contributed by atoms with E-state index in [-0.39, 0.29) is 18.3 Å². The minimum absolute atomic E-state index is 0.0309. The Morgan fingerprint density at radius 1 is 0.714 bits per heavy atom. The van der Waals surface area contributed by atoms with Crippen LogP contribution >= 0.6 is 0 Å². The summed E-state index contributed by atoms with van der Waals surface area (Å²) in [7, 11) is 0. The summed E-state index contributed by atoms with van der Waals surface area (Å²) in [5.41, 5.74) is 5.07. The topological polar surface area (TPSA) is 48.9 Å². The first-order valence-corrected chi connectivity index (χ1v) is 9.27. The Morgan fingerprint density at radius 2 is 1.39 bits per heavy atom. The van der Waals surface area contributed by atoms with Crippen LogP contribution in [0.15, 0.2) is 77.6 Å². The van der Waals surface area contributed by atoms with E-state index in [2.05, 4.69) is 0 Å². The van der Waals surface area contributed by atoms with Gasteiger partial charge in [0, 0.05) is 10.9 Å². The molecule has 0 saturated carbocycles. The van der Waals surface area contributed by atoms with Crippen molar-refractivity contribution in [2.24, 2.45) is 0 Å². The first-order chi connectivity index (χ1) is 13.8. The zero-order valence-corrected chi connectivity index (χ0v) is 14.7. The van der Waals surface area contributed by atoms with Gasteiger partial charge in [0.05, 0.1) is 27.7 Å². The molecule has 0 bridgehead atoms. The van der Waals surface area contributed by atoms with Gasteiger partial charge >= 0.3 is 6.85 Å². The lowest BCUT2D eigenvalue weighted by molar-refractivity contribution is 0.0968. The number of carbonyl (C=O) groups is 1. The highest BCUT2D eigenvalue weighted by Gasteiger charge is 2.47. The Labute approximate surface area is 159 Å². The number of para-hydroxylation sites is 2. The van der Waals surface area contributed by atoms with Crippen molar-refractivity contribution in [3.63, 3.8) is 0 Å². The molecule has 2 aromatic heterocycles. The van der Waals surface area contributed by atoms with Crippen LogP contribution in [0.5, 0.6) is 0 Å². The SMILES string of the molecule is O=C1c2ccccc2B2c3c(c4ccccc4n31)-n1c3ccccc3c(=O)n12. The number of benzene rings is 3. The van der Waals surface area contributed by atoms with Gasteiger partial charge in [-0.2, -0.15) is 0 Å². The summed E-state index contributed by atoms with van der Waals surface area (Å²) in [5, 5.41) is 1.68. The first-order valence-electron chi connectivity index (χ1n) is 9.27. The first kappa shape index (κ1) is 14.3. The molecule has 2 aliphatic rings. The van der Waals surface area contributed by atoms with Crippen LogP contribution in [-0.4, -0.2) is 26.6 Å². The minimum atomic E-state index is -0.309. The van der Waals surface area contributed by atoms with Gasteiger partial charge in [0.15, 0.2) is 0 Å². The van der Waals surface area contributed by atoms with Crippen LogP contribution in [0.1, 0.15) is 10.4 Å². The molecule has 5 aromatic rings. The van der Waals surface area contributed by atoms with Crippen LogP contribution in [0.3, 0.4) is 0 Å². The number of aromatic nitrogens is 3. The van der Waals surface area contributed by atoms with Crippen LogP contribution in [-0.2, 0) is 0 Å². The average molecular weight is 361 g/mol. The predicted octanol–water partition coefficient (Wildman–Crippen LogP) is 1.72. The Morgan fingerprint density at radius 3 is 2.25 bits per heavy atom. The summed E-state index contributed by atoms with van der Waals surface area (Å²) in [6.45, 7) is -0.309. The normalized spacial score (nSPS) is 13.9. The molecule has 0 fully saturated rings. The van der Waals surface area contributed by atoms with Gasteiger partial charge < -0.3 is 0 Å². The van der Waals surface area contributed by atoms with Crippen LogP contribution in [0.25, 0.3) is 27.5 Å². The van der Waals surface area contributed by atoms with Crippen molar-refractivity contribution in [1.29, 1.82) is 0 Å². The number of fused-ring (bicyclic) bond motifs is 10. The molecule has 0 unspecified atom stereocenters. The fourth-order valence-electron chi connectivity index (χ4n) is 5.01. The molecule has 0 spiro atoms. The molecule has 7 rings (SSSR count). The van der Waals surface area contributed by atoms with Gasteiger partial charge in [0.1, 0.15) is 0 Å². The molecule has 2 aliphatic heterocycles. The van der Waals surface area contributed by atoms with Crippen LogP contribution < -0.4 is 16.6 Å². The number of nitrogens with zero attached hydrogens (tertiary/aromatic N) is 3. The molecule has 28 heavy (non-hydrogen) atoms. The molecule has 3 aromatic carbocycles. The summed E-state index contributed by atoms with van der Waals surface area (Å²) in [6.07, 6.45) is 0. The minimum Gasteiger partial charge on any atom is -0.284 e. The Kier molecular flexibility index (Phi) is 2.32. The fourth-order valence-corrected chi connectivity index (χ4v) is 5.01. The third kappa shape index (κ3) is 1.38. The molecular formula is C22H12BN3O2. The number of rotatable bonds is 0. The van der Waals surface area contributed by atoms with Crippen molar-refractivity contribution >= 4 is 45.6 Å². The zero-order valence-electron chi connectivity index (χ0n) is 14.7. The largest absolute Gasteiger partial charge is 0.371 e. The Bertz CT molecular complexity index is 1570. The van der Waals surface area contributed by atoms with E-state index in [1.54, 1.807) is 4.57 Å². The fraction of sp³-hybridized carbons (Fsp3) is 0. The molecule has 5 nitrogen and oxygen atoms in total. The molecule has 0 aliphatic carbocycles. The van der Waals surface area contributed by atoms with E-state index >= 15 is 0 Å². The van der Waals surface area contributed by atoms with E-state index in [1.807, 2.05) is 82.1 Å². The van der Waals surface area contributed by atoms with Gasteiger partial charge in [0.2, 0.25) is 0 Å². The lowest BCUT2D eigenvalue weighted by Gasteiger charge is -2.22. The maximum Gasteiger partial charge on any atom is 0.371 e. The highest BCUT2D eigenvalue weighted by atomic mass is 16.2. The van der Waals surface area contributed by atoms with E-state index in [4.69, 9.17) is 0 Å². The van der Waals surface area contributed by atoms with Gasteiger partial charge in [-0.3, -0.25) is 23.4 Å². The Hall–Kier alpha value is -3.80. The quantitative estimate of drug-likeness (QED) is 0.386. The molecular weight excluding hydrogens is 349 g/mol. The van der Waals surface area contributed by atoms with E-state index in [0.29, 0.717) is 10.9 Å². The van der Waals surface area contributed by atoms with Crippen molar-refractivity contribution in [1.82, 2.24) is 13.8 Å². The van der Waals surface area contributed by atoms with Gasteiger partial charge in [-0.1, -0.05) is 48.5 Å². The molecule has 4 heterocycles. The highest BCUT2D eigenvalue weighted by Crippen LogP contribution is 2.32. The lowest BCUT2D eigenvalue weighted by Crippen LogP contribution is -2.58. The smallest absolute Gasteiger partial charge is 0.284 e. The van der Waals surface area contributed by atoms with E-state index < -0.39 is 0 Å². The van der Waals surface area contributed by atoms with Crippen molar-refractivity contribution in [2.45, 2.75) is 0 Å². The maximum absolute atomic E-state index is 13.4. The van der Waals surface area contributed by atoms with Gasteiger partial charge in [0.25, 0.3) is 11.5 Å². The molecule has 0 atom stereocenters. The predicted molar refractivity (Wildman–Crippen MR) is 110 cm³/mol. The standard InChI is InChI=1S/C22H12BN3O2/c27-21-13-7-1-4-10-16(13)23-20-19(14-8-2-5-11-17(14)24(20)21)25-18-12-6-3-9-15(18)22(28)26(23)25/h1-12H. The van der Waals surface area contributed by atoms with Crippen LogP contribution in [0, 0.1) is 0 Å². The van der Waals surface area contributed by atoms with E-state index in [1.165, 1.54) is 0 Å². The number of hydrogen-bond donors (Lipinski definition) is 0. The number of carbonyl (C=O) groups excluding carboxylic acids is 1. The third-order valence-electron chi connectivity index (χ3n) is 6.07. The second-order valence-electron chi connectivity index (χ2n) is 7.36. The molecule has 130 valence electrons. The van der Waals surface area contributed by atoms with Crippen LogP contribution in [0.4, 0.5) is 0 Å². The van der Waals surface area contributed by atoms with Gasteiger partial charge in [-0.15, -0.1) is 0 Å². The Balaban J connectivity index is 1.80. The van der Waals surface area contributed by atoms with Crippen molar-refractivity contribution in [3.8, 4) is 5.69 Å². The second-order valence-corrected chi connectivity index (χ2v) is 7.36. The summed E-state index contributed by atoms with van der Waals surface area (Å²) >= 11 is 0. The zero-order chi connectivity index (χ0) is 18.6. The summed E-state index contributed by atoms with van der Waals surface area (Å²) in [4.78, 5) is 26.8. The average Bonchev–Trinajstić information content (AvgIpc) is 3.35. The van der Waals surface area contributed by atoms with Gasteiger partial charge in [-0.25, -0.2) is 0 Å². The lowest BCUT2D eigenvalue weighted by atomic mass is 9.51. The van der Waals surface area contributed by atoms with E-state index in [0.717, 1.165) is 33.2 Å². The van der Waals surface area contributed by atoms with Crippen LogP contribution in [0.2, 0.25) is 0 Å². The van der Waals surface area contributed by atoms with Crippen molar-refractivity contribution in [3.05, 3.63) is 88.7 Å². The number of hydrogen-bond acceptors (Lipinski definition) is 2.